The van der Waals surface area contributed by atoms with Crippen molar-refractivity contribution in [2.45, 2.75) is 19.4 Å². The number of allylic oxidation sites excluding steroid dienone is 4. The van der Waals surface area contributed by atoms with E-state index in [1.165, 1.54) is 7.11 Å². The summed E-state index contributed by atoms with van der Waals surface area (Å²) >= 11 is 0. The Hall–Kier alpha value is -1.35. The van der Waals surface area contributed by atoms with Crippen LogP contribution in [0.4, 0.5) is 0 Å². The molecule has 0 saturated heterocycles. The van der Waals surface area contributed by atoms with Gasteiger partial charge in [0.15, 0.2) is 0 Å². The van der Waals surface area contributed by atoms with Crippen molar-refractivity contribution < 1.29 is 9.53 Å². The summed E-state index contributed by atoms with van der Waals surface area (Å²) in [5.41, 5.74) is 6.51. The smallest absolute Gasteiger partial charge is 0.322 e. The summed E-state index contributed by atoms with van der Waals surface area (Å²) < 4.78 is 4.52. The third-order valence-corrected chi connectivity index (χ3v) is 1.72. The van der Waals surface area contributed by atoms with E-state index in [1.807, 2.05) is 25.2 Å². The predicted molar refractivity (Wildman–Crippen MR) is 57.7 cm³/mol. The monoisotopic (exact) mass is 195 g/mol. The van der Waals surface area contributed by atoms with E-state index in [-0.39, 0.29) is 0 Å². The molecule has 0 bridgehead atoms. The van der Waals surface area contributed by atoms with Gasteiger partial charge in [0.25, 0.3) is 0 Å². The Morgan fingerprint density at radius 3 is 2.71 bits per heavy atom. The third-order valence-electron chi connectivity index (χ3n) is 1.72. The molecule has 0 fully saturated rings. The molecule has 0 aliphatic carbocycles. The zero-order valence-corrected chi connectivity index (χ0v) is 8.69. The number of hydrogen-bond donors (Lipinski definition) is 1. The van der Waals surface area contributed by atoms with E-state index in [0.29, 0.717) is 6.42 Å². The molecule has 0 amide bonds. The Morgan fingerprint density at radius 1 is 1.64 bits per heavy atom. The number of methoxy groups -OCH3 is 1. The molecule has 14 heavy (non-hydrogen) atoms. The summed E-state index contributed by atoms with van der Waals surface area (Å²) in [5, 5.41) is 0. The zero-order chi connectivity index (χ0) is 11.0. The maximum absolute atomic E-state index is 11.0. The Morgan fingerprint density at radius 2 is 2.29 bits per heavy atom. The SMILES string of the molecule is C=C/C(=C\C=C/C)CC(N)C(=O)OC. The minimum absolute atomic E-state index is 0.404. The molecule has 0 heterocycles. The van der Waals surface area contributed by atoms with Crippen molar-refractivity contribution in [3.05, 3.63) is 36.5 Å². The lowest BCUT2D eigenvalue weighted by Crippen LogP contribution is -2.31. The second-order valence-electron chi connectivity index (χ2n) is 2.81. The molecule has 1 unspecified atom stereocenters. The summed E-state index contributed by atoms with van der Waals surface area (Å²) in [7, 11) is 1.32. The van der Waals surface area contributed by atoms with E-state index in [4.69, 9.17) is 5.73 Å². The number of rotatable bonds is 5. The summed E-state index contributed by atoms with van der Waals surface area (Å²) in [6, 6.07) is -0.616. The number of hydrogen-bond acceptors (Lipinski definition) is 3. The standard InChI is InChI=1S/C11H17NO2/c1-4-6-7-9(5-2)8-10(12)11(13)14-3/h4-7,10H,2,8,12H2,1,3H3/b6-4-,9-7+. The maximum Gasteiger partial charge on any atom is 0.322 e. The number of carbonyl (C=O) groups excluding carboxylic acids is 1. The van der Waals surface area contributed by atoms with Gasteiger partial charge in [-0.2, -0.15) is 0 Å². The van der Waals surface area contributed by atoms with E-state index in [2.05, 4.69) is 11.3 Å². The summed E-state index contributed by atoms with van der Waals surface area (Å²) in [6.07, 6.45) is 7.77. The van der Waals surface area contributed by atoms with Gasteiger partial charge in [-0.1, -0.05) is 30.9 Å². The minimum atomic E-state index is -0.616. The molecule has 0 rings (SSSR count). The summed E-state index contributed by atoms with van der Waals surface area (Å²) in [5.74, 6) is -0.404. The van der Waals surface area contributed by atoms with Gasteiger partial charge in [-0.15, -0.1) is 0 Å². The van der Waals surface area contributed by atoms with Crippen LogP contribution in [0.25, 0.3) is 0 Å². The molecule has 1 atom stereocenters. The van der Waals surface area contributed by atoms with Crippen molar-refractivity contribution in [3.63, 3.8) is 0 Å². The Balaban J connectivity index is 4.32. The van der Waals surface area contributed by atoms with Gasteiger partial charge in [0.05, 0.1) is 7.11 Å². The topological polar surface area (TPSA) is 52.3 Å². The first kappa shape index (κ1) is 12.7. The van der Waals surface area contributed by atoms with Gasteiger partial charge in [0, 0.05) is 0 Å². The largest absolute Gasteiger partial charge is 0.468 e. The highest BCUT2D eigenvalue weighted by atomic mass is 16.5. The van der Waals surface area contributed by atoms with Crippen molar-refractivity contribution in [1.29, 1.82) is 0 Å². The van der Waals surface area contributed by atoms with Crippen LogP contribution >= 0.6 is 0 Å². The van der Waals surface area contributed by atoms with Crippen molar-refractivity contribution >= 4 is 5.97 Å². The molecule has 0 spiro atoms. The molecule has 0 aliphatic rings. The zero-order valence-electron chi connectivity index (χ0n) is 8.69. The van der Waals surface area contributed by atoms with Crippen LogP contribution in [-0.4, -0.2) is 19.1 Å². The fraction of sp³-hybridized carbons (Fsp3) is 0.364. The van der Waals surface area contributed by atoms with Crippen molar-refractivity contribution in [3.8, 4) is 0 Å². The second-order valence-corrected chi connectivity index (χ2v) is 2.81. The van der Waals surface area contributed by atoms with E-state index in [0.717, 1.165) is 5.57 Å². The van der Waals surface area contributed by atoms with Gasteiger partial charge in [-0.05, 0) is 18.9 Å². The van der Waals surface area contributed by atoms with Crippen LogP contribution in [0.5, 0.6) is 0 Å². The summed E-state index contributed by atoms with van der Waals surface area (Å²) in [4.78, 5) is 11.0. The lowest BCUT2D eigenvalue weighted by molar-refractivity contribution is -0.142. The fourth-order valence-electron chi connectivity index (χ4n) is 0.928. The predicted octanol–water partition coefficient (Wildman–Crippen LogP) is 1.57. The molecule has 3 heteroatoms. The first-order valence-corrected chi connectivity index (χ1v) is 4.43. The Bertz CT molecular complexity index is 254. The first-order valence-electron chi connectivity index (χ1n) is 4.43. The second kappa shape index (κ2) is 7.09. The van der Waals surface area contributed by atoms with Crippen molar-refractivity contribution in [1.82, 2.24) is 0 Å². The lowest BCUT2D eigenvalue weighted by atomic mass is 10.1. The highest BCUT2D eigenvalue weighted by Crippen LogP contribution is 2.06. The minimum Gasteiger partial charge on any atom is -0.468 e. The van der Waals surface area contributed by atoms with Crippen molar-refractivity contribution in [2.24, 2.45) is 5.73 Å². The molecule has 0 aromatic rings. The number of esters is 1. The average Bonchev–Trinajstić information content (AvgIpc) is 2.22. The van der Waals surface area contributed by atoms with Gasteiger partial charge in [0.1, 0.15) is 6.04 Å². The van der Waals surface area contributed by atoms with Gasteiger partial charge < -0.3 is 10.5 Å². The van der Waals surface area contributed by atoms with E-state index in [1.54, 1.807) is 6.08 Å². The van der Waals surface area contributed by atoms with Crippen LogP contribution in [0.15, 0.2) is 36.5 Å². The molecule has 2 N–H and O–H groups in total. The molecule has 78 valence electrons. The van der Waals surface area contributed by atoms with Crippen LogP contribution in [0.3, 0.4) is 0 Å². The van der Waals surface area contributed by atoms with Crippen LogP contribution in [0.2, 0.25) is 0 Å². The van der Waals surface area contributed by atoms with Gasteiger partial charge in [0.2, 0.25) is 0 Å². The molecule has 0 radical (unpaired) electrons. The van der Waals surface area contributed by atoms with E-state index < -0.39 is 12.0 Å². The van der Waals surface area contributed by atoms with Crippen LogP contribution in [0.1, 0.15) is 13.3 Å². The maximum atomic E-state index is 11.0. The number of nitrogens with two attached hydrogens (primary N) is 1. The highest BCUT2D eigenvalue weighted by molar-refractivity contribution is 5.75. The number of carbonyl (C=O) groups is 1. The molecule has 3 nitrogen and oxygen atoms in total. The number of ether oxygens (including phenoxy) is 1. The van der Waals surface area contributed by atoms with Crippen LogP contribution in [-0.2, 0) is 9.53 Å². The van der Waals surface area contributed by atoms with Crippen LogP contribution in [0, 0.1) is 0 Å². The first-order chi connectivity index (χ1) is 6.65. The Labute approximate surface area is 84.9 Å². The lowest BCUT2D eigenvalue weighted by Gasteiger charge is -2.08. The normalized spacial score (nSPS) is 14.1. The molecule has 0 aromatic carbocycles. The van der Waals surface area contributed by atoms with Gasteiger partial charge in [-0.25, -0.2) is 0 Å². The van der Waals surface area contributed by atoms with Crippen LogP contribution < -0.4 is 5.73 Å². The third kappa shape index (κ3) is 4.62. The van der Waals surface area contributed by atoms with Crippen molar-refractivity contribution in [2.75, 3.05) is 7.11 Å². The molecular weight excluding hydrogens is 178 g/mol. The highest BCUT2D eigenvalue weighted by Gasteiger charge is 2.13. The molecule has 0 aliphatic heterocycles. The molecule has 0 aromatic heterocycles. The summed E-state index contributed by atoms with van der Waals surface area (Å²) in [6.45, 7) is 5.56. The average molecular weight is 195 g/mol. The Kier molecular flexibility index (Phi) is 6.41. The fourth-order valence-corrected chi connectivity index (χ4v) is 0.928. The van der Waals surface area contributed by atoms with E-state index >= 15 is 0 Å². The molecule has 0 saturated carbocycles. The van der Waals surface area contributed by atoms with E-state index in [9.17, 15) is 4.79 Å². The molecular formula is C11H17NO2. The van der Waals surface area contributed by atoms with Gasteiger partial charge in [-0.3, -0.25) is 4.79 Å². The quantitative estimate of drug-likeness (QED) is 0.535. The van der Waals surface area contributed by atoms with Gasteiger partial charge >= 0.3 is 5.97 Å².